The number of hydrogen-bond acceptors (Lipinski definition) is 3. The van der Waals surface area contributed by atoms with Crippen molar-refractivity contribution >= 4 is 35.0 Å². The predicted molar refractivity (Wildman–Crippen MR) is 84.1 cm³/mol. The summed E-state index contributed by atoms with van der Waals surface area (Å²) in [6.07, 6.45) is 2.96. The van der Waals surface area contributed by atoms with E-state index >= 15 is 0 Å². The molecule has 0 bridgehead atoms. The van der Waals surface area contributed by atoms with E-state index in [2.05, 4.69) is 11.4 Å². The molecule has 1 N–H and O–H groups in total. The van der Waals surface area contributed by atoms with Crippen molar-refractivity contribution in [1.29, 1.82) is 5.26 Å². The number of hydrogen-bond donors (Lipinski definition) is 1. The summed E-state index contributed by atoms with van der Waals surface area (Å²) in [7, 11) is 1.83. The van der Waals surface area contributed by atoms with Gasteiger partial charge in [0.25, 0.3) is 0 Å². The quantitative estimate of drug-likeness (QED) is 0.582. The van der Waals surface area contributed by atoms with E-state index < -0.39 is 5.54 Å². The van der Waals surface area contributed by atoms with Crippen molar-refractivity contribution in [3.8, 4) is 6.07 Å². The van der Waals surface area contributed by atoms with E-state index in [-0.39, 0.29) is 0 Å². The molecule has 0 spiro atoms. The Balaban J connectivity index is 2.28. The first-order chi connectivity index (χ1) is 9.00. The maximum atomic E-state index is 9.03. The number of thioether (sulfide) groups is 1. The summed E-state index contributed by atoms with van der Waals surface area (Å²) < 4.78 is 0. The fraction of sp³-hybridized carbons (Fsp3) is 0.500. The van der Waals surface area contributed by atoms with E-state index in [0.717, 1.165) is 29.9 Å². The van der Waals surface area contributed by atoms with Crippen LogP contribution in [0.25, 0.3) is 0 Å². The van der Waals surface area contributed by atoms with Gasteiger partial charge in [-0.15, -0.1) is 11.8 Å². The zero-order valence-electron chi connectivity index (χ0n) is 11.2. The Labute approximate surface area is 129 Å². The third kappa shape index (κ3) is 5.62. The highest BCUT2D eigenvalue weighted by atomic mass is 35.5. The number of nitrogens with one attached hydrogen (secondary N) is 1. The predicted octanol–water partition coefficient (Wildman–Crippen LogP) is 4.76. The molecule has 0 aliphatic heterocycles. The van der Waals surface area contributed by atoms with Crippen LogP contribution < -0.4 is 5.32 Å². The molecule has 0 aliphatic rings. The molecular formula is C14H18Cl2N2S. The Morgan fingerprint density at radius 3 is 2.63 bits per heavy atom. The summed E-state index contributed by atoms with van der Waals surface area (Å²) in [5, 5.41) is 13.3. The third-order valence-corrected chi connectivity index (χ3v) is 4.85. The number of unbranched alkanes of at least 4 members (excludes halogenated alkanes) is 1. The summed E-state index contributed by atoms with van der Waals surface area (Å²) in [6.45, 7) is 1.93. The molecule has 5 heteroatoms. The normalized spacial score (nSPS) is 13.8. The van der Waals surface area contributed by atoms with Crippen LogP contribution in [0.1, 0.15) is 26.2 Å². The van der Waals surface area contributed by atoms with E-state index in [0.29, 0.717) is 10.0 Å². The van der Waals surface area contributed by atoms with Crippen molar-refractivity contribution in [2.75, 3.05) is 12.8 Å². The minimum absolute atomic E-state index is 0.408. The van der Waals surface area contributed by atoms with Crippen LogP contribution in [0, 0.1) is 11.3 Å². The summed E-state index contributed by atoms with van der Waals surface area (Å²) in [4.78, 5) is 1.13. The van der Waals surface area contributed by atoms with Crippen molar-refractivity contribution in [1.82, 2.24) is 5.32 Å². The highest BCUT2D eigenvalue weighted by Crippen LogP contribution is 2.28. The van der Waals surface area contributed by atoms with Crippen LogP contribution in [0.5, 0.6) is 0 Å². The Kier molecular flexibility index (Phi) is 7.02. The Bertz CT molecular complexity index is 459. The molecule has 0 saturated heterocycles. The van der Waals surface area contributed by atoms with Gasteiger partial charge in [0.05, 0.1) is 16.1 Å². The molecule has 1 atom stereocenters. The molecule has 1 aromatic carbocycles. The molecule has 0 radical (unpaired) electrons. The van der Waals surface area contributed by atoms with Crippen LogP contribution in [-0.4, -0.2) is 18.3 Å². The molecule has 0 aromatic heterocycles. The maximum absolute atomic E-state index is 9.03. The summed E-state index contributed by atoms with van der Waals surface area (Å²) in [5.41, 5.74) is -0.408. The van der Waals surface area contributed by atoms with Crippen LogP contribution in [0.4, 0.5) is 0 Å². The van der Waals surface area contributed by atoms with Gasteiger partial charge in [0.15, 0.2) is 0 Å². The topological polar surface area (TPSA) is 35.8 Å². The highest BCUT2D eigenvalue weighted by molar-refractivity contribution is 7.99. The second-order valence-electron chi connectivity index (χ2n) is 4.58. The lowest BCUT2D eigenvalue weighted by molar-refractivity contribution is 0.439. The van der Waals surface area contributed by atoms with Gasteiger partial charge in [-0.05, 0) is 57.2 Å². The molecule has 2 nitrogen and oxygen atoms in total. The fourth-order valence-electron chi connectivity index (χ4n) is 1.57. The van der Waals surface area contributed by atoms with Crippen LogP contribution >= 0.6 is 35.0 Å². The van der Waals surface area contributed by atoms with E-state index in [1.54, 1.807) is 11.8 Å². The molecule has 0 aliphatic carbocycles. The summed E-state index contributed by atoms with van der Waals surface area (Å²) in [5.74, 6) is 1.02. The Morgan fingerprint density at radius 2 is 2.05 bits per heavy atom. The lowest BCUT2D eigenvalue weighted by Gasteiger charge is -2.20. The van der Waals surface area contributed by atoms with E-state index in [4.69, 9.17) is 28.5 Å². The first-order valence-corrected chi connectivity index (χ1v) is 7.93. The first kappa shape index (κ1) is 16.7. The molecule has 0 fully saturated rings. The lowest BCUT2D eigenvalue weighted by atomic mass is 9.97. The van der Waals surface area contributed by atoms with Crippen molar-refractivity contribution in [2.45, 2.75) is 36.6 Å². The van der Waals surface area contributed by atoms with Crippen molar-refractivity contribution in [2.24, 2.45) is 0 Å². The molecule has 19 heavy (non-hydrogen) atoms. The average molecular weight is 317 g/mol. The number of halogens is 2. The van der Waals surface area contributed by atoms with Gasteiger partial charge < -0.3 is 5.32 Å². The van der Waals surface area contributed by atoms with Gasteiger partial charge in [-0.3, -0.25) is 0 Å². The SMILES string of the molecule is CNC(C)(C#N)CCCCSc1ccc(Cl)c(Cl)c1. The zero-order chi connectivity index (χ0) is 14.3. The summed E-state index contributed by atoms with van der Waals surface area (Å²) >= 11 is 13.6. The summed E-state index contributed by atoms with van der Waals surface area (Å²) in [6, 6.07) is 7.99. The molecule has 1 rings (SSSR count). The number of nitrogens with zero attached hydrogens (tertiary/aromatic N) is 1. The molecule has 0 saturated carbocycles. The second-order valence-corrected chi connectivity index (χ2v) is 6.56. The van der Waals surface area contributed by atoms with Gasteiger partial charge in [0, 0.05) is 4.90 Å². The zero-order valence-corrected chi connectivity index (χ0v) is 13.5. The van der Waals surface area contributed by atoms with Crippen molar-refractivity contribution < 1.29 is 0 Å². The molecule has 0 heterocycles. The standard InChI is InChI=1S/C14H18Cl2N2S/c1-14(10-17,18-2)7-3-4-8-19-11-5-6-12(15)13(16)9-11/h5-6,9,18H,3-4,7-8H2,1-2H3. The smallest absolute Gasteiger partial charge is 0.103 e. The Hall–Kier alpha value is -0.400. The van der Waals surface area contributed by atoms with Crippen LogP contribution in [0.2, 0.25) is 10.0 Å². The highest BCUT2D eigenvalue weighted by Gasteiger charge is 2.19. The van der Waals surface area contributed by atoms with Gasteiger partial charge >= 0.3 is 0 Å². The van der Waals surface area contributed by atoms with E-state index in [1.807, 2.05) is 32.2 Å². The van der Waals surface area contributed by atoms with Gasteiger partial charge in [0.2, 0.25) is 0 Å². The molecule has 1 aromatic rings. The van der Waals surface area contributed by atoms with Crippen LogP contribution in [-0.2, 0) is 0 Å². The van der Waals surface area contributed by atoms with Crippen molar-refractivity contribution in [3.05, 3.63) is 28.2 Å². The molecule has 104 valence electrons. The number of rotatable bonds is 7. The third-order valence-electron chi connectivity index (χ3n) is 3.03. The fourth-order valence-corrected chi connectivity index (χ4v) is 2.89. The molecular weight excluding hydrogens is 299 g/mol. The van der Waals surface area contributed by atoms with Gasteiger partial charge in [-0.25, -0.2) is 0 Å². The average Bonchev–Trinajstić information content (AvgIpc) is 2.42. The monoisotopic (exact) mass is 316 g/mol. The van der Waals surface area contributed by atoms with E-state index in [1.165, 1.54) is 0 Å². The minimum atomic E-state index is -0.408. The second kappa shape index (κ2) is 8.01. The number of nitriles is 1. The maximum Gasteiger partial charge on any atom is 0.103 e. The largest absolute Gasteiger partial charge is 0.303 e. The number of benzene rings is 1. The van der Waals surface area contributed by atoms with Gasteiger partial charge in [-0.1, -0.05) is 23.2 Å². The molecule has 1 unspecified atom stereocenters. The lowest BCUT2D eigenvalue weighted by Crippen LogP contribution is -2.37. The van der Waals surface area contributed by atoms with Crippen LogP contribution in [0.15, 0.2) is 23.1 Å². The van der Waals surface area contributed by atoms with E-state index in [9.17, 15) is 0 Å². The first-order valence-electron chi connectivity index (χ1n) is 6.19. The van der Waals surface area contributed by atoms with Gasteiger partial charge in [0.1, 0.15) is 5.54 Å². The van der Waals surface area contributed by atoms with Crippen molar-refractivity contribution in [3.63, 3.8) is 0 Å². The van der Waals surface area contributed by atoms with Crippen LogP contribution in [0.3, 0.4) is 0 Å². The minimum Gasteiger partial charge on any atom is -0.303 e. The Morgan fingerprint density at radius 1 is 1.32 bits per heavy atom. The van der Waals surface area contributed by atoms with Gasteiger partial charge in [-0.2, -0.15) is 5.26 Å². The molecule has 0 amide bonds.